The van der Waals surface area contributed by atoms with Crippen LogP contribution in [0.3, 0.4) is 0 Å². The fourth-order valence-corrected chi connectivity index (χ4v) is 0.842. The zero-order valence-corrected chi connectivity index (χ0v) is 9.32. The first-order chi connectivity index (χ1) is 7.01. The van der Waals surface area contributed by atoms with E-state index in [1.165, 1.54) is 0 Å². The topological polar surface area (TPSA) is 78.9 Å². The van der Waals surface area contributed by atoms with E-state index in [1.807, 2.05) is 0 Å². The number of aliphatic hydroxyl groups excluding tert-OH is 1. The van der Waals surface area contributed by atoms with Crippen LogP contribution < -0.4 is 5.32 Å². The molecular weight excluding hydrogens is 200 g/mol. The van der Waals surface area contributed by atoms with Crippen LogP contribution in [0.5, 0.6) is 0 Å². The van der Waals surface area contributed by atoms with Crippen molar-refractivity contribution in [2.24, 2.45) is 0 Å². The summed E-state index contributed by atoms with van der Waals surface area (Å²) >= 11 is 0. The molecule has 0 bridgehead atoms. The lowest BCUT2D eigenvalue weighted by Gasteiger charge is -2.21. The van der Waals surface area contributed by atoms with Crippen molar-refractivity contribution < 1.29 is 19.4 Å². The van der Waals surface area contributed by atoms with Gasteiger partial charge < -0.3 is 9.84 Å². The number of nitrogens with one attached hydrogen (secondary N) is 1. The van der Waals surface area contributed by atoms with Crippen LogP contribution in [0.2, 0.25) is 0 Å². The normalized spacial score (nSPS) is 12.3. The molecule has 1 atom stereocenters. The van der Waals surface area contributed by atoms with E-state index < -0.39 is 12.0 Å². The van der Waals surface area contributed by atoms with Crippen molar-refractivity contribution in [3.05, 3.63) is 0 Å². The van der Waals surface area contributed by atoms with Gasteiger partial charge in [-0.2, -0.15) is 0 Å². The molecule has 0 saturated carbocycles. The van der Waals surface area contributed by atoms with Crippen molar-refractivity contribution in [3.8, 4) is 0 Å². The van der Waals surface area contributed by atoms with Crippen LogP contribution in [0.4, 0.5) is 4.79 Å². The number of likely N-dealkylation sites (N-methyl/N-ethyl adjacent to an activating group) is 1. The molecule has 1 unspecified atom stereocenters. The van der Waals surface area contributed by atoms with E-state index >= 15 is 0 Å². The molecule has 15 heavy (non-hydrogen) atoms. The number of hydrogen-bond acceptors (Lipinski definition) is 5. The number of rotatable bonds is 5. The predicted molar refractivity (Wildman–Crippen MR) is 54.3 cm³/mol. The molecule has 0 aromatic heterocycles. The van der Waals surface area contributed by atoms with E-state index in [4.69, 9.17) is 5.11 Å². The standard InChI is InChI=1S/C9H18N2O4/c1-4-15-9(14)10-8(13)5-11(3)7(2)6-12/h7,12H,4-6H2,1-3H3,(H,10,13,14). The number of imide groups is 1. The van der Waals surface area contributed by atoms with Gasteiger partial charge in [0, 0.05) is 6.04 Å². The van der Waals surface area contributed by atoms with Crippen LogP contribution in [0.25, 0.3) is 0 Å². The van der Waals surface area contributed by atoms with E-state index in [0.717, 1.165) is 0 Å². The maximum absolute atomic E-state index is 11.2. The summed E-state index contributed by atoms with van der Waals surface area (Å²) in [6.07, 6.45) is -0.743. The summed E-state index contributed by atoms with van der Waals surface area (Å²) in [7, 11) is 1.69. The Hall–Kier alpha value is -1.14. The summed E-state index contributed by atoms with van der Waals surface area (Å²) in [6.45, 7) is 3.66. The highest BCUT2D eigenvalue weighted by Crippen LogP contribution is 1.92. The number of hydrogen-bond donors (Lipinski definition) is 2. The third-order valence-corrected chi connectivity index (χ3v) is 1.93. The largest absolute Gasteiger partial charge is 0.450 e. The van der Waals surface area contributed by atoms with Gasteiger partial charge in [0.15, 0.2) is 0 Å². The fourth-order valence-electron chi connectivity index (χ4n) is 0.842. The molecule has 0 saturated heterocycles. The van der Waals surface area contributed by atoms with Crippen molar-refractivity contribution in [1.82, 2.24) is 10.2 Å². The molecule has 0 aromatic carbocycles. The minimum absolute atomic E-state index is 0.0385. The maximum Gasteiger partial charge on any atom is 0.413 e. The Morgan fingerprint density at radius 2 is 2.13 bits per heavy atom. The quantitative estimate of drug-likeness (QED) is 0.654. The van der Waals surface area contributed by atoms with Gasteiger partial charge in [-0.25, -0.2) is 4.79 Å². The van der Waals surface area contributed by atoms with Crippen LogP contribution in [0, 0.1) is 0 Å². The molecule has 0 aliphatic heterocycles. The van der Waals surface area contributed by atoms with E-state index in [-0.39, 0.29) is 25.8 Å². The van der Waals surface area contributed by atoms with Crippen molar-refractivity contribution in [3.63, 3.8) is 0 Å². The van der Waals surface area contributed by atoms with Crippen LogP contribution >= 0.6 is 0 Å². The van der Waals surface area contributed by atoms with Gasteiger partial charge in [0.2, 0.25) is 5.91 Å². The number of aliphatic hydroxyl groups is 1. The van der Waals surface area contributed by atoms with Gasteiger partial charge in [0.1, 0.15) is 0 Å². The minimum Gasteiger partial charge on any atom is -0.450 e. The Bertz CT molecular complexity index is 220. The van der Waals surface area contributed by atoms with Gasteiger partial charge in [-0.3, -0.25) is 15.0 Å². The highest BCUT2D eigenvalue weighted by molar-refractivity contribution is 5.92. The molecule has 0 rings (SSSR count). The highest BCUT2D eigenvalue weighted by Gasteiger charge is 2.14. The lowest BCUT2D eigenvalue weighted by Crippen LogP contribution is -2.42. The average Bonchev–Trinajstić information content (AvgIpc) is 2.16. The van der Waals surface area contributed by atoms with Crippen molar-refractivity contribution >= 4 is 12.0 Å². The van der Waals surface area contributed by atoms with Gasteiger partial charge >= 0.3 is 6.09 Å². The molecule has 0 aliphatic carbocycles. The van der Waals surface area contributed by atoms with Gasteiger partial charge in [0.05, 0.1) is 19.8 Å². The minimum atomic E-state index is -0.743. The Kier molecular flexibility index (Phi) is 6.64. The summed E-state index contributed by atoms with van der Waals surface area (Å²) in [6, 6.07) is -0.127. The van der Waals surface area contributed by atoms with E-state index in [2.05, 4.69) is 10.1 Å². The Morgan fingerprint density at radius 3 is 2.60 bits per heavy atom. The predicted octanol–water partition coefficient (Wildman–Crippen LogP) is -0.428. The number of amides is 2. The smallest absolute Gasteiger partial charge is 0.413 e. The Labute approximate surface area is 89.2 Å². The van der Waals surface area contributed by atoms with E-state index in [9.17, 15) is 9.59 Å². The van der Waals surface area contributed by atoms with Crippen LogP contribution in [0.1, 0.15) is 13.8 Å². The van der Waals surface area contributed by atoms with Crippen molar-refractivity contribution in [2.45, 2.75) is 19.9 Å². The van der Waals surface area contributed by atoms with Gasteiger partial charge in [-0.15, -0.1) is 0 Å². The highest BCUT2D eigenvalue weighted by atomic mass is 16.5. The molecule has 88 valence electrons. The first-order valence-corrected chi connectivity index (χ1v) is 4.79. The monoisotopic (exact) mass is 218 g/mol. The summed E-state index contributed by atoms with van der Waals surface area (Å²) in [5.41, 5.74) is 0. The molecule has 0 fully saturated rings. The van der Waals surface area contributed by atoms with Gasteiger partial charge in [0.25, 0.3) is 0 Å². The second-order valence-electron chi connectivity index (χ2n) is 3.22. The molecule has 0 radical (unpaired) electrons. The third kappa shape index (κ3) is 6.03. The molecule has 0 spiro atoms. The zero-order chi connectivity index (χ0) is 11.8. The van der Waals surface area contributed by atoms with Crippen molar-refractivity contribution in [2.75, 3.05) is 26.8 Å². The van der Waals surface area contributed by atoms with Crippen LogP contribution in [-0.2, 0) is 9.53 Å². The second kappa shape index (κ2) is 7.19. The summed E-state index contributed by atoms with van der Waals surface area (Å²) in [5.74, 6) is -0.448. The SMILES string of the molecule is CCOC(=O)NC(=O)CN(C)C(C)CO. The molecule has 6 heteroatoms. The lowest BCUT2D eigenvalue weighted by molar-refractivity contribution is -0.121. The number of alkyl carbamates (subject to hydrolysis) is 1. The molecular formula is C9H18N2O4. The summed E-state index contributed by atoms with van der Waals surface area (Å²) in [5, 5.41) is 10.9. The van der Waals surface area contributed by atoms with Crippen LogP contribution in [-0.4, -0.2) is 54.9 Å². The lowest BCUT2D eigenvalue weighted by atomic mass is 10.3. The first-order valence-electron chi connectivity index (χ1n) is 4.79. The fraction of sp³-hybridized carbons (Fsp3) is 0.778. The van der Waals surface area contributed by atoms with Crippen molar-refractivity contribution in [1.29, 1.82) is 0 Å². The molecule has 0 heterocycles. The number of ether oxygens (including phenoxy) is 1. The molecule has 2 N–H and O–H groups in total. The van der Waals surface area contributed by atoms with E-state index in [1.54, 1.807) is 25.8 Å². The first kappa shape index (κ1) is 13.9. The second-order valence-corrected chi connectivity index (χ2v) is 3.22. The summed E-state index contributed by atoms with van der Waals surface area (Å²) < 4.78 is 4.54. The zero-order valence-electron chi connectivity index (χ0n) is 9.32. The number of nitrogens with zero attached hydrogens (tertiary/aromatic N) is 1. The molecule has 6 nitrogen and oxygen atoms in total. The van der Waals surface area contributed by atoms with E-state index in [0.29, 0.717) is 0 Å². The Balaban J connectivity index is 3.87. The maximum atomic E-state index is 11.2. The Morgan fingerprint density at radius 1 is 1.53 bits per heavy atom. The molecule has 0 aliphatic rings. The number of carbonyl (C=O) groups excluding carboxylic acids is 2. The number of carbonyl (C=O) groups is 2. The van der Waals surface area contributed by atoms with Crippen LogP contribution in [0.15, 0.2) is 0 Å². The average molecular weight is 218 g/mol. The van der Waals surface area contributed by atoms with Gasteiger partial charge in [-0.1, -0.05) is 0 Å². The molecule has 2 amide bonds. The third-order valence-electron chi connectivity index (χ3n) is 1.93. The molecule has 0 aromatic rings. The van der Waals surface area contributed by atoms with Gasteiger partial charge in [-0.05, 0) is 20.9 Å². The summed E-state index contributed by atoms with van der Waals surface area (Å²) in [4.78, 5) is 23.7.